The van der Waals surface area contributed by atoms with Gasteiger partial charge in [-0.15, -0.1) is 0 Å². The van der Waals surface area contributed by atoms with Gasteiger partial charge in [0, 0.05) is 44.5 Å². The van der Waals surface area contributed by atoms with E-state index in [1.807, 2.05) is 18.0 Å². The number of hydrogen-bond acceptors (Lipinski definition) is 5. The smallest absolute Gasteiger partial charge is 0.222 e. The number of piperidine rings is 2. The van der Waals surface area contributed by atoms with Gasteiger partial charge in [0.1, 0.15) is 5.82 Å². The minimum absolute atomic E-state index is 0.357. The normalized spacial score (nSPS) is 25.2. The van der Waals surface area contributed by atoms with Gasteiger partial charge in [-0.05, 0) is 37.2 Å². The fourth-order valence-electron chi connectivity index (χ4n) is 3.68. The monoisotopic (exact) mass is 320 g/mol. The van der Waals surface area contributed by atoms with E-state index in [1.165, 1.54) is 0 Å². The third kappa shape index (κ3) is 3.37. The second-order valence-corrected chi connectivity index (χ2v) is 7.08. The van der Waals surface area contributed by atoms with E-state index in [0.29, 0.717) is 24.3 Å². The molecule has 1 amide bonds. The van der Waals surface area contributed by atoms with Gasteiger partial charge < -0.3 is 9.80 Å². The zero-order valence-corrected chi connectivity index (χ0v) is 14.0. The highest BCUT2D eigenvalue weighted by Crippen LogP contribution is 2.32. The summed E-state index contributed by atoms with van der Waals surface area (Å²) in [4.78, 5) is 25.4. The molecule has 0 aliphatic carbocycles. The molecule has 2 saturated heterocycles. The van der Waals surface area contributed by atoms with Gasteiger partial charge in [0.05, 0.1) is 6.20 Å². The van der Waals surface area contributed by atoms with E-state index < -0.39 is 0 Å². The van der Waals surface area contributed by atoms with Gasteiger partial charge in [0.2, 0.25) is 5.91 Å². The number of aromatic nitrogens is 2. The van der Waals surface area contributed by atoms with Crippen LogP contribution >= 0.6 is 11.8 Å². The standard InChI is InChI=1S/C16H24N4OS/c1-22-10-2-8-20-14-5-9-19(15-11-17-6-7-18-15)12-13(14)3-4-16(20)21/h6-7,11,13-14H,2-5,8-10,12H2,1H3. The summed E-state index contributed by atoms with van der Waals surface area (Å²) < 4.78 is 0. The molecular weight excluding hydrogens is 296 g/mol. The maximum atomic E-state index is 12.3. The van der Waals surface area contributed by atoms with Crippen molar-refractivity contribution in [2.24, 2.45) is 5.92 Å². The first-order valence-electron chi connectivity index (χ1n) is 8.09. The molecule has 2 fully saturated rings. The Morgan fingerprint density at radius 2 is 2.27 bits per heavy atom. The third-order valence-electron chi connectivity index (χ3n) is 4.76. The predicted octanol–water partition coefficient (Wildman–Crippen LogP) is 2.05. The quantitative estimate of drug-likeness (QED) is 0.777. The minimum atomic E-state index is 0.357. The van der Waals surface area contributed by atoms with E-state index in [9.17, 15) is 4.79 Å². The Hall–Kier alpha value is -1.30. The number of nitrogens with zero attached hydrogens (tertiary/aromatic N) is 4. The number of amides is 1. The summed E-state index contributed by atoms with van der Waals surface area (Å²) in [5.41, 5.74) is 0. The molecule has 0 aromatic carbocycles. The van der Waals surface area contributed by atoms with Crippen molar-refractivity contribution in [3.05, 3.63) is 18.6 Å². The molecular formula is C16H24N4OS. The Labute approximate surface area is 136 Å². The lowest BCUT2D eigenvalue weighted by Gasteiger charge is -2.47. The van der Waals surface area contributed by atoms with Crippen LogP contribution in [0.3, 0.4) is 0 Å². The summed E-state index contributed by atoms with van der Waals surface area (Å²) >= 11 is 1.86. The lowest BCUT2D eigenvalue weighted by Crippen LogP contribution is -2.56. The molecule has 22 heavy (non-hydrogen) atoms. The Bertz CT molecular complexity index is 498. The van der Waals surface area contributed by atoms with Crippen LogP contribution in [0, 0.1) is 5.92 Å². The first-order chi connectivity index (χ1) is 10.8. The van der Waals surface area contributed by atoms with Gasteiger partial charge >= 0.3 is 0 Å². The lowest BCUT2D eigenvalue weighted by atomic mass is 9.83. The molecule has 0 bridgehead atoms. The second-order valence-electron chi connectivity index (χ2n) is 6.10. The molecule has 2 aliphatic rings. The molecule has 120 valence electrons. The summed E-state index contributed by atoms with van der Waals surface area (Å²) in [5.74, 6) is 3.03. The molecule has 3 rings (SSSR count). The number of likely N-dealkylation sites (tertiary alicyclic amines) is 1. The van der Waals surface area contributed by atoms with Crippen molar-refractivity contribution >= 4 is 23.5 Å². The summed E-state index contributed by atoms with van der Waals surface area (Å²) in [6, 6.07) is 0.427. The molecule has 6 heteroatoms. The molecule has 2 aliphatic heterocycles. The van der Waals surface area contributed by atoms with Crippen LogP contribution in [-0.4, -0.2) is 58.5 Å². The van der Waals surface area contributed by atoms with E-state index in [-0.39, 0.29) is 0 Å². The van der Waals surface area contributed by atoms with Crippen molar-refractivity contribution in [1.82, 2.24) is 14.9 Å². The number of carbonyl (C=O) groups excluding carboxylic acids is 1. The fourth-order valence-corrected chi connectivity index (χ4v) is 4.10. The van der Waals surface area contributed by atoms with Crippen LogP contribution in [0.1, 0.15) is 25.7 Å². The summed E-state index contributed by atoms with van der Waals surface area (Å²) in [6.07, 6.45) is 11.3. The largest absolute Gasteiger partial charge is 0.355 e. The highest BCUT2D eigenvalue weighted by atomic mass is 32.2. The molecule has 2 atom stereocenters. The molecule has 0 N–H and O–H groups in total. The average molecular weight is 320 g/mol. The Morgan fingerprint density at radius 3 is 3.05 bits per heavy atom. The van der Waals surface area contributed by atoms with E-state index in [4.69, 9.17) is 0 Å². The molecule has 1 aromatic heterocycles. The molecule has 5 nitrogen and oxygen atoms in total. The second kappa shape index (κ2) is 7.31. The Kier molecular flexibility index (Phi) is 5.18. The van der Waals surface area contributed by atoms with Crippen molar-refractivity contribution < 1.29 is 4.79 Å². The highest BCUT2D eigenvalue weighted by Gasteiger charge is 2.39. The number of rotatable bonds is 5. The van der Waals surface area contributed by atoms with Gasteiger partial charge in [-0.3, -0.25) is 9.78 Å². The Morgan fingerprint density at radius 1 is 1.36 bits per heavy atom. The van der Waals surface area contributed by atoms with Crippen LogP contribution in [0.2, 0.25) is 0 Å². The van der Waals surface area contributed by atoms with Crippen molar-refractivity contribution in [1.29, 1.82) is 0 Å². The van der Waals surface area contributed by atoms with Crippen molar-refractivity contribution in [2.75, 3.05) is 36.5 Å². The maximum Gasteiger partial charge on any atom is 0.222 e. The average Bonchev–Trinajstić information content (AvgIpc) is 2.57. The van der Waals surface area contributed by atoms with Crippen LogP contribution in [0.5, 0.6) is 0 Å². The van der Waals surface area contributed by atoms with Gasteiger partial charge in [-0.1, -0.05) is 0 Å². The van der Waals surface area contributed by atoms with Gasteiger partial charge in [0.25, 0.3) is 0 Å². The summed E-state index contributed by atoms with van der Waals surface area (Å²) in [7, 11) is 0. The fraction of sp³-hybridized carbons (Fsp3) is 0.688. The topological polar surface area (TPSA) is 49.3 Å². The highest BCUT2D eigenvalue weighted by molar-refractivity contribution is 7.98. The lowest BCUT2D eigenvalue weighted by molar-refractivity contribution is -0.139. The van der Waals surface area contributed by atoms with Crippen LogP contribution in [0.15, 0.2) is 18.6 Å². The summed E-state index contributed by atoms with van der Waals surface area (Å²) in [5, 5.41) is 0. The number of fused-ring (bicyclic) bond motifs is 1. The van der Waals surface area contributed by atoms with Crippen molar-refractivity contribution in [3.8, 4) is 0 Å². The van der Waals surface area contributed by atoms with Crippen LogP contribution in [0.25, 0.3) is 0 Å². The number of carbonyl (C=O) groups is 1. The van der Waals surface area contributed by atoms with E-state index in [0.717, 1.165) is 50.5 Å². The van der Waals surface area contributed by atoms with Gasteiger partial charge in [0.15, 0.2) is 0 Å². The summed E-state index contributed by atoms with van der Waals surface area (Å²) in [6.45, 7) is 2.88. The van der Waals surface area contributed by atoms with E-state index in [1.54, 1.807) is 12.4 Å². The number of hydrogen-bond donors (Lipinski definition) is 0. The zero-order chi connectivity index (χ0) is 15.4. The SMILES string of the molecule is CSCCCN1C(=O)CCC2CN(c3cnccn3)CCC21. The van der Waals surface area contributed by atoms with Crippen LogP contribution < -0.4 is 4.90 Å². The third-order valence-corrected chi connectivity index (χ3v) is 5.46. The zero-order valence-electron chi connectivity index (χ0n) is 13.1. The van der Waals surface area contributed by atoms with Gasteiger partial charge in [-0.2, -0.15) is 11.8 Å². The van der Waals surface area contributed by atoms with Crippen LogP contribution in [0.4, 0.5) is 5.82 Å². The molecule has 2 unspecified atom stereocenters. The van der Waals surface area contributed by atoms with Crippen molar-refractivity contribution in [2.45, 2.75) is 31.7 Å². The molecule has 0 saturated carbocycles. The Balaban J connectivity index is 1.64. The molecule has 1 aromatic rings. The molecule has 0 radical (unpaired) electrons. The van der Waals surface area contributed by atoms with Gasteiger partial charge in [-0.25, -0.2) is 4.98 Å². The maximum absolute atomic E-state index is 12.3. The number of thioether (sulfide) groups is 1. The number of anilines is 1. The van der Waals surface area contributed by atoms with E-state index >= 15 is 0 Å². The molecule has 3 heterocycles. The van der Waals surface area contributed by atoms with E-state index in [2.05, 4.69) is 26.0 Å². The van der Waals surface area contributed by atoms with Crippen molar-refractivity contribution in [3.63, 3.8) is 0 Å². The first-order valence-corrected chi connectivity index (χ1v) is 9.48. The molecule has 0 spiro atoms. The minimum Gasteiger partial charge on any atom is -0.355 e. The van der Waals surface area contributed by atoms with Crippen LogP contribution in [-0.2, 0) is 4.79 Å². The first kappa shape index (κ1) is 15.6. The predicted molar refractivity (Wildman–Crippen MR) is 90.1 cm³/mol.